The molecule has 0 amide bonds. The molecular weight excluding hydrogens is 202 g/mol. The van der Waals surface area contributed by atoms with E-state index >= 15 is 0 Å². The van der Waals surface area contributed by atoms with E-state index in [1.807, 2.05) is 0 Å². The van der Waals surface area contributed by atoms with E-state index in [1.54, 1.807) is 12.1 Å². The number of nitrogen functional groups attached to an aromatic ring is 1. The summed E-state index contributed by atoms with van der Waals surface area (Å²) < 4.78 is 24.1. The van der Waals surface area contributed by atoms with Crippen LogP contribution in [0.5, 0.6) is 0 Å². The maximum atomic E-state index is 12.1. The van der Waals surface area contributed by atoms with Crippen molar-refractivity contribution in [2.75, 3.05) is 18.5 Å². The molecule has 0 saturated carbocycles. The number of hydrogen-bond acceptors (Lipinski definition) is 3. The summed E-state index contributed by atoms with van der Waals surface area (Å²) in [5.41, 5.74) is 5.71. The van der Waals surface area contributed by atoms with E-state index in [0.717, 1.165) is 0 Å². The molecule has 1 aromatic heterocycles. The molecule has 0 unspecified atom stereocenters. The maximum Gasteiger partial charge on any atom is 0.255 e. The van der Waals surface area contributed by atoms with E-state index in [4.69, 9.17) is 11.1 Å². The normalized spacial score (nSPS) is 10.4. The van der Waals surface area contributed by atoms with Gasteiger partial charge < -0.3 is 10.6 Å². The fraction of sp³-hybridized carbons (Fsp3) is 0.333. The van der Waals surface area contributed by atoms with Crippen LogP contribution in [0.15, 0.2) is 18.3 Å². The minimum absolute atomic E-state index is 0.0921. The molecule has 0 fully saturated rings. The van der Waals surface area contributed by atoms with E-state index in [2.05, 4.69) is 4.98 Å². The standard InChI is InChI=1S/C9H12F2N4/c1-15(5-7(10)11)8-3-2-6(4-14-8)9(12)13/h2-4,7H,5H2,1H3,(H3,12,13). The number of nitrogens with zero attached hydrogens (tertiary/aromatic N) is 2. The molecular formula is C9H12F2N4. The number of rotatable bonds is 4. The van der Waals surface area contributed by atoms with Crippen molar-refractivity contribution in [2.24, 2.45) is 5.73 Å². The Bertz CT molecular complexity index is 336. The fourth-order valence-corrected chi connectivity index (χ4v) is 1.07. The fourth-order valence-electron chi connectivity index (χ4n) is 1.07. The van der Waals surface area contributed by atoms with Crippen LogP contribution in [0.1, 0.15) is 5.56 Å². The van der Waals surface area contributed by atoms with Crippen molar-refractivity contribution in [3.05, 3.63) is 23.9 Å². The van der Waals surface area contributed by atoms with Crippen LogP contribution < -0.4 is 10.6 Å². The van der Waals surface area contributed by atoms with Crippen molar-refractivity contribution in [3.8, 4) is 0 Å². The second-order valence-electron chi connectivity index (χ2n) is 3.09. The predicted octanol–water partition coefficient (Wildman–Crippen LogP) is 1.07. The Morgan fingerprint density at radius 2 is 2.27 bits per heavy atom. The van der Waals surface area contributed by atoms with Gasteiger partial charge in [0.25, 0.3) is 6.43 Å². The van der Waals surface area contributed by atoms with E-state index in [1.165, 1.54) is 18.1 Å². The number of pyridine rings is 1. The van der Waals surface area contributed by atoms with Crippen molar-refractivity contribution >= 4 is 11.7 Å². The lowest BCUT2D eigenvalue weighted by atomic mass is 10.2. The smallest absolute Gasteiger partial charge is 0.255 e. The molecule has 6 heteroatoms. The van der Waals surface area contributed by atoms with Gasteiger partial charge in [0.1, 0.15) is 11.7 Å². The van der Waals surface area contributed by atoms with E-state index in [9.17, 15) is 8.78 Å². The van der Waals surface area contributed by atoms with Gasteiger partial charge in [-0.25, -0.2) is 13.8 Å². The molecule has 0 aliphatic heterocycles. The summed E-state index contributed by atoms with van der Waals surface area (Å²) in [5, 5.41) is 7.13. The van der Waals surface area contributed by atoms with Gasteiger partial charge in [-0.2, -0.15) is 0 Å². The number of hydrogen-bond donors (Lipinski definition) is 2. The molecule has 0 bridgehead atoms. The lowest BCUT2D eigenvalue weighted by molar-refractivity contribution is 0.156. The van der Waals surface area contributed by atoms with Crippen molar-refractivity contribution in [2.45, 2.75) is 6.43 Å². The van der Waals surface area contributed by atoms with Crippen LogP contribution in [0.4, 0.5) is 14.6 Å². The van der Waals surface area contributed by atoms with Crippen molar-refractivity contribution in [1.29, 1.82) is 5.41 Å². The molecule has 0 saturated heterocycles. The number of nitrogens with one attached hydrogen (secondary N) is 1. The Hall–Kier alpha value is -1.72. The Kier molecular flexibility index (Phi) is 3.54. The second kappa shape index (κ2) is 4.68. The first kappa shape index (κ1) is 11.4. The van der Waals surface area contributed by atoms with Crippen LogP contribution in [-0.4, -0.2) is 30.8 Å². The number of anilines is 1. The van der Waals surface area contributed by atoms with Gasteiger partial charge in [0.15, 0.2) is 0 Å². The van der Waals surface area contributed by atoms with Gasteiger partial charge >= 0.3 is 0 Å². The SMILES string of the molecule is CN(CC(F)F)c1ccc(C(=N)N)cn1. The first-order chi connectivity index (χ1) is 7.00. The number of halogens is 2. The van der Waals surface area contributed by atoms with Crippen LogP contribution in [0.2, 0.25) is 0 Å². The molecule has 1 rings (SSSR count). The maximum absolute atomic E-state index is 12.1. The van der Waals surface area contributed by atoms with Gasteiger partial charge in [-0.05, 0) is 12.1 Å². The number of aromatic nitrogens is 1. The third-order valence-electron chi connectivity index (χ3n) is 1.86. The van der Waals surface area contributed by atoms with Crippen LogP contribution in [0.25, 0.3) is 0 Å². The summed E-state index contributed by atoms with van der Waals surface area (Å²) in [6.45, 7) is -0.369. The average molecular weight is 214 g/mol. The molecule has 3 N–H and O–H groups in total. The highest BCUT2D eigenvalue weighted by Crippen LogP contribution is 2.10. The van der Waals surface area contributed by atoms with Gasteiger partial charge in [0.05, 0.1) is 6.54 Å². The molecule has 0 aliphatic rings. The Morgan fingerprint density at radius 3 is 2.67 bits per heavy atom. The molecule has 0 atom stereocenters. The van der Waals surface area contributed by atoms with Gasteiger partial charge in [0.2, 0.25) is 0 Å². The van der Waals surface area contributed by atoms with Gasteiger partial charge in [-0.3, -0.25) is 5.41 Å². The molecule has 0 radical (unpaired) electrons. The van der Waals surface area contributed by atoms with Gasteiger partial charge in [0, 0.05) is 18.8 Å². The average Bonchev–Trinajstić information content (AvgIpc) is 2.17. The van der Waals surface area contributed by atoms with Crippen LogP contribution in [0, 0.1) is 5.41 Å². The largest absolute Gasteiger partial charge is 0.384 e. The third-order valence-corrected chi connectivity index (χ3v) is 1.86. The van der Waals surface area contributed by atoms with Crippen molar-refractivity contribution in [3.63, 3.8) is 0 Å². The number of alkyl halides is 2. The summed E-state index contributed by atoms with van der Waals surface area (Å²) in [6.07, 6.45) is -1.01. The summed E-state index contributed by atoms with van der Waals surface area (Å²) in [4.78, 5) is 5.27. The number of nitrogens with two attached hydrogens (primary N) is 1. The van der Waals surface area contributed by atoms with Crippen molar-refractivity contribution in [1.82, 2.24) is 4.98 Å². The van der Waals surface area contributed by atoms with E-state index in [0.29, 0.717) is 11.4 Å². The monoisotopic (exact) mass is 214 g/mol. The van der Waals surface area contributed by atoms with Gasteiger partial charge in [-0.1, -0.05) is 0 Å². The Labute approximate surface area is 86.2 Å². The van der Waals surface area contributed by atoms with Gasteiger partial charge in [-0.15, -0.1) is 0 Å². The summed E-state index contributed by atoms with van der Waals surface area (Å²) in [5.74, 6) is 0.339. The molecule has 0 aromatic carbocycles. The minimum Gasteiger partial charge on any atom is -0.384 e. The molecule has 1 heterocycles. The minimum atomic E-state index is -2.40. The second-order valence-corrected chi connectivity index (χ2v) is 3.09. The lowest BCUT2D eigenvalue weighted by Gasteiger charge is -2.17. The first-order valence-electron chi connectivity index (χ1n) is 4.30. The predicted molar refractivity (Wildman–Crippen MR) is 54.5 cm³/mol. The van der Waals surface area contributed by atoms with Crippen molar-refractivity contribution < 1.29 is 8.78 Å². The molecule has 0 aliphatic carbocycles. The van der Waals surface area contributed by atoms with Crippen LogP contribution in [0.3, 0.4) is 0 Å². The third kappa shape index (κ3) is 3.16. The Morgan fingerprint density at radius 1 is 1.60 bits per heavy atom. The molecule has 4 nitrogen and oxygen atoms in total. The summed E-state index contributed by atoms with van der Waals surface area (Å²) in [7, 11) is 1.53. The van der Waals surface area contributed by atoms with E-state index in [-0.39, 0.29) is 12.4 Å². The van der Waals surface area contributed by atoms with Crippen LogP contribution in [-0.2, 0) is 0 Å². The first-order valence-corrected chi connectivity index (χ1v) is 4.30. The summed E-state index contributed by atoms with van der Waals surface area (Å²) >= 11 is 0. The summed E-state index contributed by atoms with van der Waals surface area (Å²) in [6, 6.07) is 3.13. The topological polar surface area (TPSA) is 66.0 Å². The van der Waals surface area contributed by atoms with Crippen LogP contribution >= 0.6 is 0 Å². The molecule has 1 aromatic rings. The zero-order chi connectivity index (χ0) is 11.4. The highest BCUT2D eigenvalue weighted by Gasteiger charge is 2.09. The molecule has 15 heavy (non-hydrogen) atoms. The zero-order valence-electron chi connectivity index (χ0n) is 8.24. The highest BCUT2D eigenvalue weighted by molar-refractivity contribution is 5.94. The number of amidine groups is 1. The Balaban J connectivity index is 2.75. The zero-order valence-corrected chi connectivity index (χ0v) is 8.24. The lowest BCUT2D eigenvalue weighted by Crippen LogP contribution is -2.25. The highest BCUT2D eigenvalue weighted by atomic mass is 19.3. The molecule has 82 valence electrons. The molecule has 0 spiro atoms. The quantitative estimate of drug-likeness (QED) is 0.582. The van der Waals surface area contributed by atoms with E-state index < -0.39 is 6.43 Å².